The molecule has 1 aromatic heterocycles. The second-order valence-corrected chi connectivity index (χ2v) is 5.20. The molecule has 0 aliphatic heterocycles. The summed E-state index contributed by atoms with van der Waals surface area (Å²) < 4.78 is 1.43. The highest BCUT2D eigenvalue weighted by Gasteiger charge is 2.21. The molecule has 0 spiro atoms. The Morgan fingerprint density at radius 1 is 1.57 bits per heavy atom. The smallest absolute Gasteiger partial charge is 0.359 e. The average Bonchev–Trinajstić information content (AvgIpc) is 3.15. The molecule has 0 bridgehead atoms. The van der Waals surface area contributed by atoms with Crippen LogP contribution in [0.3, 0.4) is 0 Å². The van der Waals surface area contributed by atoms with Crippen molar-refractivity contribution in [3.05, 3.63) is 21.9 Å². The highest BCUT2D eigenvalue weighted by Crippen LogP contribution is 2.18. The van der Waals surface area contributed by atoms with E-state index in [0.29, 0.717) is 16.8 Å². The molecule has 0 saturated heterocycles. The molecule has 114 valence electrons. The van der Waals surface area contributed by atoms with Gasteiger partial charge in [-0.1, -0.05) is 0 Å². The van der Waals surface area contributed by atoms with Gasteiger partial charge in [-0.25, -0.2) is 0 Å². The fourth-order valence-electron chi connectivity index (χ4n) is 1.65. The lowest BCUT2D eigenvalue weighted by Gasteiger charge is -2.10. The summed E-state index contributed by atoms with van der Waals surface area (Å²) in [7, 11) is 0. The zero-order valence-corrected chi connectivity index (χ0v) is 12.3. The topological polar surface area (TPSA) is 114 Å². The third-order valence-corrected chi connectivity index (χ3v) is 3.15. The van der Waals surface area contributed by atoms with E-state index in [1.54, 1.807) is 6.92 Å². The zero-order valence-electron chi connectivity index (χ0n) is 11.5. The van der Waals surface area contributed by atoms with E-state index in [-0.39, 0.29) is 24.7 Å². The minimum Gasteiger partial charge on any atom is -0.359 e. The second-order valence-electron chi connectivity index (χ2n) is 4.80. The molecule has 9 nitrogen and oxygen atoms in total. The van der Waals surface area contributed by atoms with Gasteiger partial charge in [-0.3, -0.25) is 15.6 Å². The van der Waals surface area contributed by atoms with Crippen LogP contribution < -0.4 is 16.2 Å². The molecule has 3 N–H and O–H groups in total. The molecule has 1 amide bonds. The number of aromatic nitrogens is 2. The molecule has 0 aromatic carbocycles. The Morgan fingerprint density at radius 2 is 2.29 bits per heavy atom. The van der Waals surface area contributed by atoms with Crippen molar-refractivity contribution in [3.63, 3.8) is 0 Å². The van der Waals surface area contributed by atoms with Crippen molar-refractivity contribution in [2.75, 3.05) is 0 Å². The number of carbonyl (C=O) groups excluding carboxylic acids is 1. The molecule has 1 aliphatic carbocycles. The van der Waals surface area contributed by atoms with Gasteiger partial charge in [0, 0.05) is 12.5 Å². The summed E-state index contributed by atoms with van der Waals surface area (Å²) in [6.45, 7) is 1.96. The molecule has 1 saturated carbocycles. The number of hydrogen-bond donors (Lipinski definition) is 3. The molecular weight excluding hydrogens is 296 g/mol. The normalized spacial score (nSPS) is 13.6. The number of hydrazine groups is 1. The number of amides is 1. The fourth-order valence-corrected chi connectivity index (χ4v) is 1.87. The minimum absolute atomic E-state index is 0.138. The standard InChI is InChI=1S/C11H16N6O3S/c1-7-6-9(17(19)20)15-16(7)5-4-10(18)13-14-11(21)12-8-2-3-8/h6,8H,2-5H2,1H3,(H,13,18)(H2,12,14,21). The number of carbonyl (C=O) groups is 1. The van der Waals surface area contributed by atoms with E-state index >= 15 is 0 Å². The molecule has 21 heavy (non-hydrogen) atoms. The van der Waals surface area contributed by atoms with E-state index in [1.165, 1.54) is 10.7 Å². The summed E-state index contributed by atoms with van der Waals surface area (Å²) in [6, 6.07) is 1.78. The molecular formula is C11H16N6O3S. The maximum absolute atomic E-state index is 11.6. The van der Waals surface area contributed by atoms with Crippen LogP contribution in [-0.4, -0.2) is 31.8 Å². The molecule has 1 fully saturated rings. The van der Waals surface area contributed by atoms with Crippen molar-refractivity contribution < 1.29 is 9.72 Å². The van der Waals surface area contributed by atoms with Gasteiger partial charge in [-0.15, -0.1) is 0 Å². The summed E-state index contributed by atoms with van der Waals surface area (Å²) in [4.78, 5) is 21.7. The second kappa shape index (κ2) is 6.48. The Kier molecular flexibility index (Phi) is 4.68. The Hall–Kier alpha value is -2.23. The minimum atomic E-state index is -0.562. The summed E-state index contributed by atoms with van der Waals surface area (Å²) in [5.41, 5.74) is 5.71. The van der Waals surface area contributed by atoms with E-state index in [0.717, 1.165) is 12.8 Å². The SMILES string of the molecule is Cc1cc([N+](=O)[O-])nn1CCC(=O)NNC(=S)NC1CC1. The lowest BCUT2D eigenvalue weighted by Crippen LogP contribution is -2.47. The van der Waals surface area contributed by atoms with Crippen LogP contribution in [0, 0.1) is 17.0 Å². The lowest BCUT2D eigenvalue weighted by molar-refractivity contribution is -0.389. The van der Waals surface area contributed by atoms with Crippen molar-refractivity contribution in [3.8, 4) is 0 Å². The van der Waals surface area contributed by atoms with Gasteiger partial charge < -0.3 is 15.4 Å². The number of rotatable bonds is 5. The number of thiocarbonyl (C=S) groups is 1. The first kappa shape index (κ1) is 15.2. The third-order valence-electron chi connectivity index (χ3n) is 2.93. The van der Waals surface area contributed by atoms with Crippen molar-refractivity contribution >= 4 is 29.1 Å². The van der Waals surface area contributed by atoms with Crippen LogP contribution in [0.4, 0.5) is 5.82 Å². The Balaban J connectivity index is 1.72. The molecule has 10 heteroatoms. The van der Waals surface area contributed by atoms with E-state index in [1.807, 2.05) is 0 Å². The van der Waals surface area contributed by atoms with E-state index < -0.39 is 4.92 Å². The number of nitro groups is 1. The first-order valence-electron chi connectivity index (χ1n) is 6.50. The van der Waals surface area contributed by atoms with Crippen molar-refractivity contribution in [2.24, 2.45) is 0 Å². The maximum atomic E-state index is 11.6. The fraction of sp³-hybridized carbons (Fsp3) is 0.545. The predicted octanol–water partition coefficient (Wildman–Crippen LogP) is 0.148. The summed E-state index contributed by atoms with van der Waals surface area (Å²) >= 11 is 4.99. The van der Waals surface area contributed by atoms with Crippen LogP contribution in [0.25, 0.3) is 0 Å². The first-order valence-corrected chi connectivity index (χ1v) is 6.90. The van der Waals surface area contributed by atoms with Crippen molar-refractivity contribution in [2.45, 2.75) is 38.8 Å². The molecule has 1 heterocycles. The lowest BCUT2D eigenvalue weighted by atomic mass is 10.4. The van der Waals surface area contributed by atoms with E-state index in [2.05, 4.69) is 21.3 Å². The monoisotopic (exact) mass is 312 g/mol. The Labute approximate surface area is 126 Å². The predicted molar refractivity (Wildman–Crippen MR) is 78.3 cm³/mol. The summed E-state index contributed by atoms with van der Waals surface area (Å²) in [6.07, 6.45) is 2.32. The highest BCUT2D eigenvalue weighted by atomic mass is 32.1. The molecule has 0 radical (unpaired) electrons. The molecule has 0 atom stereocenters. The van der Waals surface area contributed by atoms with E-state index in [9.17, 15) is 14.9 Å². The zero-order chi connectivity index (χ0) is 15.4. The quantitative estimate of drug-likeness (QED) is 0.403. The van der Waals surface area contributed by atoms with Crippen LogP contribution in [0.1, 0.15) is 25.0 Å². The average molecular weight is 312 g/mol. The molecule has 1 aromatic rings. The van der Waals surface area contributed by atoms with Crippen LogP contribution in [-0.2, 0) is 11.3 Å². The van der Waals surface area contributed by atoms with Crippen molar-refractivity contribution in [1.29, 1.82) is 0 Å². The van der Waals surface area contributed by atoms with Gasteiger partial charge in [0.15, 0.2) is 5.11 Å². The van der Waals surface area contributed by atoms with Gasteiger partial charge in [-0.05, 0) is 36.9 Å². The van der Waals surface area contributed by atoms with Crippen LogP contribution in [0.15, 0.2) is 6.07 Å². The molecule has 0 unspecified atom stereocenters. The van der Waals surface area contributed by atoms with Crippen LogP contribution in [0.2, 0.25) is 0 Å². The van der Waals surface area contributed by atoms with Gasteiger partial charge in [0.2, 0.25) is 5.91 Å². The molecule has 1 aliphatic rings. The number of nitrogens with zero attached hydrogens (tertiary/aromatic N) is 3. The third kappa shape index (κ3) is 4.67. The molecule has 2 rings (SSSR count). The van der Waals surface area contributed by atoms with Crippen LogP contribution in [0.5, 0.6) is 0 Å². The summed E-state index contributed by atoms with van der Waals surface area (Å²) in [5.74, 6) is -0.492. The van der Waals surface area contributed by atoms with Gasteiger partial charge in [0.05, 0.1) is 23.4 Å². The van der Waals surface area contributed by atoms with Crippen LogP contribution >= 0.6 is 12.2 Å². The van der Waals surface area contributed by atoms with Gasteiger partial charge in [-0.2, -0.15) is 4.68 Å². The maximum Gasteiger partial charge on any atom is 0.390 e. The van der Waals surface area contributed by atoms with Gasteiger partial charge >= 0.3 is 5.82 Å². The number of aryl methyl sites for hydroxylation is 2. The first-order chi connectivity index (χ1) is 9.95. The van der Waals surface area contributed by atoms with Gasteiger partial charge in [0.1, 0.15) is 0 Å². The van der Waals surface area contributed by atoms with Gasteiger partial charge in [0.25, 0.3) is 0 Å². The van der Waals surface area contributed by atoms with Crippen molar-refractivity contribution in [1.82, 2.24) is 25.9 Å². The Bertz CT molecular complexity index is 568. The number of nitrogens with one attached hydrogen (secondary N) is 3. The highest BCUT2D eigenvalue weighted by molar-refractivity contribution is 7.80. The summed E-state index contributed by atoms with van der Waals surface area (Å²) in [5, 5.41) is 17.8. The number of hydrogen-bond acceptors (Lipinski definition) is 5. The largest absolute Gasteiger partial charge is 0.390 e. The Morgan fingerprint density at radius 3 is 2.86 bits per heavy atom. The van der Waals surface area contributed by atoms with E-state index in [4.69, 9.17) is 12.2 Å².